The lowest BCUT2D eigenvalue weighted by Crippen LogP contribution is -2.01. The van der Waals surface area contributed by atoms with E-state index < -0.39 is 0 Å². The number of nitrogens with zero attached hydrogens (tertiary/aromatic N) is 2. The van der Waals surface area contributed by atoms with E-state index in [-0.39, 0.29) is 5.97 Å². The van der Waals surface area contributed by atoms with Crippen LogP contribution in [0.25, 0.3) is 90.9 Å². The molecule has 0 atom stereocenters. The van der Waals surface area contributed by atoms with Crippen molar-refractivity contribution in [2.24, 2.45) is 0 Å². The molecule has 0 saturated carbocycles. The first-order valence-electron chi connectivity index (χ1n) is 50.9. The Labute approximate surface area is 756 Å². The highest BCUT2D eigenvalue weighted by Gasteiger charge is 2.23. The molecule has 5 heterocycles. The Kier molecular flexibility index (Phi) is 49.6. The Balaban J connectivity index is 1.26. The van der Waals surface area contributed by atoms with Gasteiger partial charge < -0.3 is 47.9 Å². The van der Waals surface area contributed by atoms with Gasteiger partial charge in [-0.2, -0.15) is 0 Å². The maximum absolute atomic E-state index is 11.4. The van der Waals surface area contributed by atoms with Crippen LogP contribution >= 0.6 is 0 Å². The molecule has 0 spiro atoms. The van der Waals surface area contributed by atoms with E-state index >= 15 is 0 Å². The normalized spacial score (nSPS) is 11.8. The highest BCUT2D eigenvalue weighted by Crippen LogP contribution is 2.44. The minimum Gasteiger partial charge on any atom is -0.494 e. The number of unbranched alkanes of at least 4 members (excludes halogenated alkanes) is 45. The molecule has 4 aromatic carbocycles. The monoisotopic (exact) mass is 1710 g/mol. The second-order valence-corrected chi connectivity index (χ2v) is 35.6. The number of esters is 1. The number of nitrogens with one attached hydrogen (secondary N) is 2. The number of ether oxygens (including phenoxy) is 8. The molecule has 2 aliphatic rings. The number of aromatic nitrogens is 4. The molecule has 2 N–H and O–H groups in total. The average molecular weight is 1710 g/mol. The summed E-state index contributed by atoms with van der Waals surface area (Å²) in [4.78, 5) is 31.5. The van der Waals surface area contributed by atoms with Crippen molar-refractivity contribution in [2.75, 3.05) is 52.9 Å². The molecule has 0 fully saturated rings. The van der Waals surface area contributed by atoms with E-state index in [1.165, 1.54) is 238 Å². The van der Waals surface area contributed by atoms with Gasteiger partial charge in [-0.15, -0.1) is 0 Å². The fraction of sp³-hybridized carbons (Fsp3) is 0.598. The second kappa shape index (κ2) is 61.9. The zero-order valence-electron chi connectivity index (χ0n) is 79.1. The summed E-state index contributed by atoms with van der Waals surface area (Å²) in [6, 6.07) is 37.0. The predicted octanol–water partition coefficient (Wildman–Crippen LogP) is 33.9. The van der Waals surface area contributed by atoms with Crippen molar-refractivity contribution in [1.29, 1.82) is 0 Å². The molecular weight excluding hydrogens is 1550 g/mol. The first kappa shape index (κ1) is 100. The molecule has 0 amide bonds. The topological polar surface area (TPSA) is 148 Å². The summed E-state index contributed by atoms with van der Waals surface area (Å²) < 4.78 is 53.2. The van der Waals surface area contributed by atoms with E-state index in [4.69, 9.17) is 47.9 Å². The van der Waals surface area contributed by atoms with Crippen LogP contribution in [0.15, 0.2) is 103 Å². The summed E-state index contributed by atoms with van der Waals surface area (Å²) >= 11 is 0. The molecule has 13 nitrogen and oxygen atoms in total. The lowest BCUT2D eigenvalue weighted by molar-refractivity contribution is -0.141. The summed E-state index contributed by atoms with van der Waals surface area (Å²) in [6.07, 6.45) is 71.0. The van der Waals surface area contributed by atoms with Gasteiger partial charge in [0.15, 0.2) is 0 Å². The highest BCUT2D eigenvalue weighted by molar-refractivity contribution is 6.00. The summed E-state index contributed by atoms with van der Waals surface area (Å²) in [5, 5.41) is 0. The van der Waals surface area contributed by atoms with E-state index in [9.17, 15) is 4.79 Å². The first-order valence-corrected chi connectivity index (χ1v) is 50.9. The molecule has 8 bridgehead atoms. The van der Waals surface area contributed by atoms with Crippen molar-refractivity contribution >= 4 is 52.3 Å². The molecule has 9 rings (SSSR count). The zero-order valence-corrected chi connectivity index (χ0v) is 79.1. The van der Waals surface area contributed by atoms with Gasteiger partial charge in [0.25, 0.3) is 0 Å². The van der Waals surface area contributed by atoms with Crippen LogP contribution in [0.2, 0.25) is 0 Å². The van der Waals surface area contributed by atoms with Crippen molar-refractivity contribution in [3.8, 4) is 84.8 Å². The molecule has 125 heavy (non-hydrogen) atoms. The number of H-pyrrole nitrogens is 2. The van der Waals surface area contributed by atoms with Gasteiger partial charge in [0, 0.05) is 69.4 Å². The number of carbonyl (C=O) groups is 1. The summed E-state index contributed by atoms with van der Waals surface area (Å²) in [5.41, 5.74) is 14.2. The van der Waals surface area contributed by atoms with Gasteiger partial charge in [0.2, 0.25) is 0 Å². The van der Waals surface area contributed by atoms with E-state index in [0.29, 0.717) is 52.9 Å². The third-order valence-corrected chi connectivity index (χ3v) is 24.6. The molecular formula is C112H164N4O9. The maximum atomic E-state index is 11.4. The van der Waals surface area contributed by atoms with Crippen LogP contribution in [0.4, 0.5) is 0 Å². The first-order chi connectivity index (χ1) is 61.7. The maximum Gasteiger partial charge on any atom is 0.302 e. The lowest BCUT2D eigenvalue weighted by atomic mass is 10.0. The molecule has 0 unspecified atom stereocenters. The molecule has 2 aliphatic heterocycles. The molecule has 13 heteroatoms. The van der Waals surface area contributed by atoms with E-state index in [1.807, 2.05) is 0 Å². The van der Waals surface area contributed by atoms with Crippen molar-refractivity contribution in [1.82, 2.24) is 19.9 Å². The van der Waals surface area contributed by atoms with E-state index in [2.05, 4.69) is 179 Å². The predicted molar refractivity (Wildman–Crippen MR) is 530 cm³/mol. The quantitative estimate of drug-likeness (QED) is 0.0277. The molecule has 0 aliphatic carbocycles. The van der Waals surface area contributed by atoms with E-state index in [1.54, 1.807) is 0 Å². The number of carbonyl (C=O) groups excluding carboxylic acids is 1. The van der Waals surface area contributed by atoms with Crippen LogP contribution in [-0.4, -0.2) is 78.8 Å². The van der Waals surface area contributed by atoms with Crippen LogP contribution in [0, 0.1) is 0 Å². The average Bonchev–Trinajstić information content (AvgIpc) is 1.62. The van der Waals surface area contributed by atoms with Crippen molar-refractivity contribution in [3.63, 3.8) is 0 Å². The Hall–Kier alpha value is -8.45. The molecule has 3 aromatic heterocycles. The van der Waals surface area contributed by atoms with Crippen LogP contribution in [0.3, 0.4) is 0 Å². The van der Waals surface area contributed by atoms with Crippen molar-refractivity contribution < 1.29 is 42.7 Å². The lowest BCUT2D eigenvalue weighted by Gasteiger charge is -2.14. The molecule has 7 aromatic rings. The van der Waals surface area contributed by atoms with Crippen molar-refractivity contribution in [3.05, 3.63) is 126 Å². The van der Waals surface area contributed by atoms with Gasteiger partial charge in [-0.25, -0.2) is 9.97 Å². The Morgan fingerprint density at radius 1 is 0.224 bits per heavy atom. The standard InChI is InChI=1S/C112H164N4O9/c1-8-14-20-26-32-38-44-53-74-120-95-80-91(81-96(86-95)121-75-54-45-39-33-27-21-15-9-2)110-103-66-64-101(113-103)109(90-60-62-94(63-61-90)119-73-59-51-50-52-72-118-89(7)117)102-65-67-104(114-102)111(92-82-97(122-76-55-46-40-34-28-22-16-10-3)87-98(83-92)123-77-56-47-41-35-29-23-17-11-4)106-69-71-108(116-106)112(107-70-68-105(110)115-107)93-84-99(124-78-57-48-42-36-30-24-18-12-5)88-100(85-93)125-79-58-49-43-37-31-25-19-13-6/h60-71,80-88,113,116H,8-59,72-79H2,1-7H3. The Morgan fingerprint density at radius 3 is 0.632 bits per heavy atom. The number of hydrogen-bond donors (Lipinski definition) is 2. The van der Waals surface area contributed by atoms with Gasteiger partial charge >= 0.3 is 5.97 Å². The molecule has 0 radical (unpaired) electrons. The number of hydrogen-bond acceptors (Lipinski definition) is 11. The third kappa shape index (κ3) is 37.8. The Bertz CT molecular complexity index is 4150. The summed E-state index contributed by atoms with van der Waals surface area (Å²) in [5.74, 6) is 5.24. The molecule has 0 saturated heterocycles. The van der Waals surface area contributed by atoms with Gasteiger partial charge in [-0.1, -0.05) is 323 Å². The largest absolute Gasteiger partial charge is 0.494 e. The third-order valence-electron chi connectivity index (χ3n) is 24.6. The second-order valence-electron chi connectivity index (χ2n) is 35.6. The number of aromatic amines is 2. The minimum atomic E-state index is -0.234. The number of fused-ring (bicyclic) bond motifs is 8. The highest BCUT2D eigenvalue weighted by atomic mass is 16.5. The van der Waals surface area contributed by atoms with Gasteiger partial charge in [-0.05, 0) is 184 Å². The van der Waals surface area contributed by atoms with Gasteiger partial charge in [-0.3, -0.25) is 4.79 Å². The zero-order chi connectivity index (χ0) is 87.6. The summed E-state index contributed by atoms with van der Waals surface area (Å²) in [7, 11) is 0. The van der Waals surface area contributed by atoms with Gasteiger partial charge in [0.05, 0.1) is 75.6 Å². The molecule has 686 valence electrons. The van der Waals surface area contributed by atoms with E-state index in [0.717, 1.165) is 232 Å². The fourth-order valence-electron chi connectivity index (χ4n) is 17.3. The van der Waals surface area contributed by atoms with Gasteiger partial charge in [0.1, 0.15) is 40.2 Å². The number of rotatable bonds is 72. The minimum absolute atomic E-state index is 0.234. The SMILES string of the molecule is CCCCCCCCCCOc1cc(OCCCCCCCCCC)cc(-c2c3nc(c(-c4cc(OCCCCCCCCCC)cc(OCCCCCCCCCC)c4)c4ccc([nH]4)c(-c4cc(OCCCCCCCCCC)cc(OCCCCCCCCCC)c4)c4nc(c(-c5ccc(OCCCCCCOC(C)=O)cc5)c5ccc2[nH]5)C=C4)C=C3)c1. The fourth-order valence-corrected chi connectivity index (χ4v) is 17.3. The van der Waals surface area contributed by atoms with Crippen LogP contribution in [0.1, 0.15) is 405 Å². The van der Waals surface area contributed by atoms with Crippen LogP contribution in [0.5, 0.6) is 40.2 Å². The smallest absolute Gasteiger partial charge is 0.302 e. The van der Waals surface area contributed by atoms with Crippen LogP contribution < -0.4 is 33.2 Å². The van der Waals surface area contributed by atoms with Crippen LogP contribution in [-0.2, 0) is 9.53 Å². The van der Waals surface area contributed by atoms with Crippen molar-refractivity contribution in [2.45, 2.75) is 382 Å². The Morgan fingerprint density at radius 2 is 0.416 bits per heavy atom. The number of benzene rings is 4. The summed E-state index contributed by atoms with van der Waals surface area (Å²) in [6.45, 7) is 19.9.